The predicted molar refractivity (Wildman–Crippen MR) is 155 cm³/mol. The molecular formula is C32H34N2O2S. The second-order valence-electron chi connectivity index (χ2n) is 9.72. The fourth-order valence-electron chi connectivity index (χ4n) is 5.03. The molecule has 0 aliphatic carbocycles. The Morgan fingerprint density at radius 2 is 1.54 bits per heavy atom. The van der Waals surface area contributed by atoms with Crippen molar-refractivity contribution in [3.63, 3.8) is 0 Å². The van der Waals surface area contributed by atoms with E-state index in [0.29, 0.717) is 18.4 Å². The molecule has 3 aromatic carbocycles. The molecule has 2 aromatic heterocycles. The van der Waals surface area contributed by atoms with Crippen LogP contribution >= 0.6 is 11.3 Å². The Kier molecular flexibility index (Phi) is 7.71. The van der Waals surface area contributed by atoms with Gasteiger partial charge in [0.05, 0.1) is 10.1 Å². The first kappa shape index (κ1) is 25.2. The maximum Gasteiger partial charge on any atom is 0.262 e. The molecule has 0 atom stereocenters. The maximum atomic E-state index is 14.1. The summed E-state index contributed by atoms with van der Waals surface area (Å²) in [6.07, 6.45) is 6.30. The molecule has 190 valence electrons. The summed E-state index contributed by atoms with van der Waals surface area (Å²) in [6.45, 7) is 4.91. The van der Waals surface area contributed by atoms with E-state index in [1.54, 1.807) is 6.07 Å². The number of rotatable bonds is 10. The van der Waals surface area contributed by atoms with Gasteiger partial charge in [-0.25, -0.2) is 4.98 Å². The van der Waals surface area contributed by atoms with Crippen molar-refractivity contribution < 1.29 is 5.11 Å². The van der Waals surface area contributed by atoms with E-state index < -0.39 is 0 Å². The van der Waals surface area contributed by atoms with E-state index >= 15 is 0 Å². The molecule has 0 spiro atoms. The smallest absolute Gasteiger partial charge is 0.262 e. The lowest BCUT2D eigenvalue weighted by molar-refractivity contribution is 0.482. The van der Waals surface area contributed by atoms with Crippen LogP contribution in [0.15, 0.2) is 71.5 Å². The highest BCUT2D eigenvalue weighted by atomic mass is 32.1. The van der Waals surface area contributed by atoms with Gasteiger partial charge >= 0.3 is 0 Å². The summed E-state index contributed by atoms with van der Waals surface area (Å²) in [5.74, 6) is 1.04. The summed E-state index contributed by atoms with van der Waals surface area (Å²) < 4.78 is 2.66. The van der Waals surface area contributed by atoms with E-state index in [1.165, 1.54) is 28.0 Å². The quantitative estimate of drug-likeness (QED) is 0.215. The van der Waals surface area contributed by atoms with Crippen molar-refractivity contribution in [2.24, 2.45) is 0 Å². The Bertz CT molecular complexity index is 1570. The number of aryl methyl sites for hydroxylation is 5. The average molecular weight is 511 g/mol. The zero-order valence-electron chi connectivity index (χ0n) is 21.7. The van der Waals surface area contributed by atoms with Gasteiger partial charge in [0.1, 0.15) is 16.4 Å². The number of phenols is 1. The maximum absolute atomic E-state index is 14.1. The molecule has 2 heterocycles. The van der Waals surface area contributed by atoms with Gasteiger partial charge in [0, 0.05) is 18.4 Å². The van der Waals surface area contributed by atoms with Crippen molar-refractivity contribution >= 4 is 31.6 Å². The van der Waals surface area contributed by atoms with Crippen LogP contribution in [-0.4, -0.2) is 14.7 Å². The number of nitrogens with zero attached hydrogens (tertiary/aromatic N) is 2. The zero-order valence-corrected chi connectivity index (χ0v) is 22.5. The van der Waals surface area contributed by atoms with Crippen molar-refractivity contribution in [2.45, 2.75) is 65.3 Å². The van der Waals surface area contributed by atoms with Crippen LogP contribution in [0.3, 0.4) is 0 Å². The number of aromatic nitrogens is 2. The minimum atomic E-state index is 0.00726. The summed E-state index contributed by atoms with van der Waals surface area (Å²) in [5.41, 5.74) is 4.90. The molecule has 0 amide bonds. The van der Waals surface area contributed by atoms with Crippen molar-refractivity contribution in [3.05, 3.63) is 105 Å². The van der Waals surface area contributed by atoms with Crippen LogP contribution in [0.25, 0.3) is 20.3 Å². The number of unbranched alkanes of at least 4 members (excludes halogenated alkanes) is 1. The Hall–Kier alpha value is -3.44. The molecule has 5 heteroatoms. The van der Waals surface area contributed by atoms with E-state index in [-0.39, 0.29) is 11.3 Å². The van der Waals surface area contributed by atoms with E-state index in [4.69, 9.17) is 4.98 Å². The van der Waals surface area contributed by atoms with Crippen LogP contribution in [0.4, 0.5) is 0 Å². The lowest BCUT2D eigenvalue weighted by Crippen LogP contribution is -2.26. The molecule has 37 heavy (non-hydrogen) atoms. The van der Waals surface area contributed by atoms with Crippen LogP contribution in [0.5, 0.6) is 5.75 Å². The third-order valence-electron chi connectivity index (χ3n) is 7.22. The minimum Gasteiger partial charge on any atom is -0.506 e. The van der Waals surface area contributed by atoms with Gasteiger partial charge in [-0.15, -0.1) is 11.3 Å². The standard InChI is InChI=1S/C32H34N2O2S/c1-3-5-11-25-17-18-26(35)30-28(25)29-31(37-30)33-27(19-16-23-9-7-6-8-10-23)34(32(29)36)21-20-24-14-12-22(4-2)13-15-24/h6-10,12-15,17-18,35H,3-5,11,16,19-21H2,1-2H3. The fourth-order valence-corrected chi connectivity index (χ4v) is 6.18. The summed E-state index contributed by atoms with van der Waals surface area (Å²) in [6, 6.07) is 22.8. The predicted octanol–water partition coefficient (Wildman–Crippen LogP) is 7.25. The van der Waals surface area contributed by atoms with Crippen LogP contribution in [0.2, 0.25) is 0 Å². The van der Waals surface area contributed by atoms with E-state index in [2.05, 4.69) is 50.2 Å². The molecule has 1 N–H and O–H groups in total. The summed E-state index contributed by atoms with van der Waals surface area (Å²) in [5, 5.41) is 12.2. The third kappa shape index (κ3) is 5.33. The second kappa shape index (κ2) is 11.3. The fraction of sp³-hybridized carbons (Fsp3) is 0.312. The minimum absolute atomic E-state index is 0.00726. The Labute approximate surface area is 222 Å². The van der Waals surface area contributed by atoms with Crippen LogP contribution in [-0.2, 0) is 38.6 Å². The van der Waals surface area contributed by atoms with Crippen molar-refractivity contribution in [3.8, 4) is 5.75 Å². The molecule has 0 radical (unpaired) electrons. The molecule has 0 saturated carbocycles. The van der Waals surface area contributed by atoms with Gasteiger partial charge in [-0.3, -0.25) is 9.36 Å². The number of hydrogen-bond donors (Lipinski definition) is 1. The Morgan fingerprint density at radius 1 is 0.811 bits per heavy atom. The lowest BCUT2D eigenvalue weighted by Gasteiger charge is -2.13. The molecule has 4 nitrogen and oxygen atoms in total. The van der Waals surface area contributed by atoms with Crippen molar-refractivity contribution in [1.82, 2.24) is 9.55 Å². The van der Waals surface area contributed by atoms with E-state index in [1.807, 2.05) is 28.8 Å². The van der Waals surface area contributed by atoms with E-state index in [9.17, 15) is 9.90 Å². The second-order valence-corrected chi connectivity index (χ2v) is 10.7. The first-order chi connectivity index (χ1) is 18.1. The molecule has 0 aliphatic heterocycles. The largest absolute Gasteiger partial charge is 0.506 e. The molecule has 0 aliphatic rings. The van der Waals surface area contributed by atoms with Gasteiger partial charge in [0.25, 0.3) is 5.56 Å². The molecule has 5 rings (SSSR count). The van der Waals surface area contributed by atoms with Gasteiger partial charge in [-0.1, -0.05) is 80.9 Å². The molecule has 0 saturated heterocycles. The van der Waals surface area contributed by atoms with Crippen LogP contribution in [0.1, 0.15) is 54.8 Å². The molecular weight excluding hydrogens is 476 g/mol. The van der Waals surface area contributed by atoms with Crippen molar-refractivity contribution in [1.29, 1.82) is 0 Å². The average Bonchev–Trinajstić information content (AvgIpc) is 3.33. The number of hydrogen-bond acceptors (Lipinski definition) is 4. The lowest BCUT2D eigenvalue weighted by atomic mass is 10.0. The number of fused-ring (bicyclic) bond motifs is 3. The summed E-state index contributed by atoms with van der Waals surface area (Å²) in [7, 11) is 0. The summed E-state index contributed by atoms with van der Waals surface area (Å²) in [4.78, 5) is 19.9. The SMILES string of the molecule is CCCCc1ccc(O)c2sc3nc(CCc4ccccc4)n(CCc4ccc(CC)cc4)c(=O)c3c12. The Balaban J connectivity index is 1.61. The highest BCUT2D eigenvalue weighted by Crippen LogP contribution is 2.39. The molecule has 0 bridgehead atoms. The monoisotopic (exact) mass is 510 g/mol. The Morgan fingerprint density at radius 3 is 2.27 bits per heavy atom. The van der Waals surface area contributed by atoms with Crippen molar-refractivity contribution in [2.75, 3.05) is 0 Å². The molecule has 0 fully saturated rings. The van der Waals surface area contributed by atoms with E-state index in [0.717, 1.165) is 64.8 Å². The number of phenolic OH excluding ortho intramolecular Hbond substituents is 1. The number of benzene rings is 3. The number of aromatic hydroxyl groups is 1. The number of thiophene rings is 1. The van der Waals surface area contributed by atoms with Gasteiger partial charge in [-0.2, -0.15) is 0 Å². The van der Waals surface area contributed by atoms with Crippen LogP contribution in [0, 0.1) is 0 Å². The summed E-state index contributed by atoms with van der Waals surface area (Å²) >= 11 is 1.44. The van der Waals surface area contributed by atoms with Crippen LogP contribution < -0.4 is 5.56 Å². The molecule has 5 aromatic rings. The first-order valence-electron chi connectivity index (χ1n) is 13.4. The first-order valence-corrected chi connectivity index (χ1v) is 14.2. The van der Waals surface area contributed by atoms with Gasteiger partial charge in [0.15, 0.2) is 0 Å². The highest BCUT2D eigenvalue weighted by molar-refractivity contribution is 7.25. The van der Waals surface area contributed by atoms with Gasteiger partial charge < -0.3 is 5.11 Å². The normalized spacial score (nSPS) is 11.5. The van der Waals surface area contributed by atoms with Gasteiger partial charge in [-0.05, 0) is 60.4 Å². The highest BCUT2D eigenvalue weighted by Gasteiger charge is 2.20. The van der Waals surface area contributed by atoms with Gasteiger partial charge in [0.2, 0.25) is 0 Å². The zero-order chi connectivity index (χ0) is 25.8. The third-order valence-corrected chi connectivity index (χ3v) is 8.33. The molecule has 0 unspecified atom stereocenters. The topological polar surface area (TPSA) is 55.1 Å².